The van der Waals surface area contributed by atoms with Crippen LogP contribution >= 0.6 is 0 Å². The first-order chi connectivity index (χ1) is 15.3. The molecule has 5 rings (SSSR count). The van der Waals surface area contributed by atoms with Crippen molar-refractivity contribution in [3.05, 3.63) is 144 Å². The van der Waals surface area contributed by atoms with Gasteiger partial charge in [0.25, 0.3) is 0 Å². The molecule has 0 bridgehead atoms. The second-order valence-corrected chi connectivity index (χ2v) is 9.04. The highest BCUT2D eigenvalue weighted by Gasteiger charge is 2.45. The quantitative estimate of drug-likeness (QED) is 0.323. The molecule has 1 saturated carbocycles. The number of hydrogen-bond donors (Lipinski definition) is 0. The molecule has 0 unspecified atom stereocenters. The lowest BCUT2D eigenvalue weighted by atomic mass is 9.56. The molecular formula is C31H30. The molecule has 0 saturated heterocycles. The Kier molecular flexibility index (Phi) is 5.71. The van der Waals surface area contributed by atoms with Gasteiger partial charge in [-0.3, -0.25) is 0 Å². The molecule has 154 valence electrons. The Balaban J connectivity index is 1.71. The lowest BCUT2D eigenvalue weighted by molar-refractivity contribution is 0.227. The Bertz CT molecular complexity index is 1070. The van der Waals surface area contributed by atoms with E-state index in [4.69, 9.17) is 0 Å². The van der Waals surface area contributed by atoms with Gasteiger partial charge in [-0.25, -0.2) is 0 Å². The highest BCUT2D eigenvalue weighted by molar-refractivity contribution is 5.40. The third-order valence-corrected chi connectivity index (χ3v) is 7.23. The molecule has 0 heteroatoms. The molecule has 4 aromatic carbocycles. The van der Waals surface area contributed by atoms with E-state index in [2.05, 4.69) is 128 Å². The SMILES string of the molecule is C[C@@H]1C[C@H](c2ccccc2)[C@H](c2ccccc2)[C@@H](c2ccccc2)[C@@H]1c1ccccc1. The fraction of sp³-hybridized carbons (Fsp3) is 0.226. The number of benzene rings is 4. The zero-order chi connectivity index (χ0) is 21.0. The van der Waals surface area contributed by atoms with E-state index in [1.807, 2.05) is 0 Å². The zero-order valence-corrected chi connectivity index (χ0v) is 18.1. The van der Waals surface area contributed by atoms with Gasteiger partial charge in [0.1, 0.15) is 0 Å². The summed E-state index contributed by atoms with van der Waals surface area (Å²) in [4.78, 5) is 0. The van der Waals surface area contributed by atoms with Gasteiger partial charge in [-0.05, 0) is 58.3 Å². The summed E-state index contributed by atoms with van der Waals surface area (Å²) in [5, 5.41) is 0. The van der Waals surface area contributed by atoms with Crippen LogP contribution in [0.1, 0.15) is 59.3 Å². The van der Waals surface area contributed by atoms with E-state index in [0.717, 1.165) is 0 Å². The van der Waals surface area contributed by atoms with Crippen LogP contribution in [-0.2, 0) is 0 Å². The van der Waals surface area contributed by atoms with Crippen LogP contribution in [0.5, 0.6) is 0 Å². The summed E-state index contributed by atoms with van der Waals surface area (Å²) in [6.45, 7) is 2.46. The standard InChI is InChI=1S/C31H30/c1-23-22-28(24-14-6-2-7-15-24)30(26-18-10-4-11-19-26)31(27-20-12-5-13-21-27)29(23)25-16-8-3-9-17-25/h2-21,23,28-31H,22H2,1H3/t23-,28-,29+,30+,31+/m1/s1. The molecular weight excluding hydrogens is 372 g/mol. The Hall–Kier alpha value is -3.12. The summed E-state index contributed by atoms with van der Waals surface area (Å²) in [5.41, 5.74) is 5.85. The van der Waals surface area contributed by atoms with E-state index in [1.54, 1.807) is 0 Å². The van der Waals surface area contributed by atoms with Crippen LogP contribution in [0.4, 0.5) is 0 Å². The van der Waals surface area contributed by atoms with Gasteiger partial charge in [-0.15, -0.1) is 0 Å². The Morgan fingerprint density at radius 2 is 0.774 bits per heavy atom. The van der Waals surface area contributed by atoms with Gasteiger partial charge in [0.15, 0.2) is 0 Å². The number of hydrogen-bond acceptors (Lipinski definition) is 0. The summed E-state index contributed by atoms with van der Waals surface area (Å²) >= 11 is 0. The third-order valence-electron chi connectivity index (χ3n) is 7.23. The molecule has 31 heavy (non-hydrogen) atoms. The second-order valence-electron chi connectivity index (χ2n) is 9.04. The molecule has 1 aliphatic rings. The molecule has 4 aromatic rings. The fourth-order valence-corrected chi connectivity index (χ4v) is 5.98. The van der Waals surface area contributed by atoms with Gasteiger partial charge < -0.3 is 0 Å². The van der Waals surface area contributed by atoms with E-state index in [-0.39, 0.29) is 0 Å². The van der Waals surface area contributed by atoms with Crippen molar-refractivity contribution in [1.29, 1.82) is 0 Å². The maximum Gasteiger partial charge on any atom is -0.00158 e. The van der Waals surface area contributed by atoms with E-state index in [1.165, 1.54) is 28.7 Å². The molecule has 0 nitrogen and oxygen atoms in total. The highest BCUT2D eigenvalue weighted by atomic mass is 14.5. The minimum Gasteiger partial charge on any atom is -0.0622 e. The average molecular weight is 403 g/mol. The third kappa shape index (κ3) is 3.95. The molecule has 1 aliphatic carbocycles. The molecule has 0 aliphatic heterocycles. The molecule has 5 atom stereocenters. The predicted molar refractivity (Wildman–Crippen MR) is 131 cm³/mol. The van der Waals surface area contributed by atoms with Crippen molar-refractivity contribution in [1.82, 2.24) is 0 Å². The molecule has 1 fully saturated rings. The molecule has 0 spiro atoms. The van der Waals surface area contributed by atoms with Crippen molar-refractivity contribution in [2.45, 2.75) is 37.0 Å². The monoisotopic (exact) mass is 402 g/mol. The normalized spacial score (nSPS) is 25.8. The van der Waals surface area contributed by atoms with Crippen LogP contribution < -0.4 is 0 Å². The van der Waals surface area contributed by atoms with Gasteiger partial charge in [0.05, 0.1) is 0 Å². The molecule has 0 amide bonds. The van der Waals surface area contributed by atoms with Crippen molar-refractivity contribution in [2.24, 2.45) is 5.92 Å². The Morgan fingerprint density at radius 3 is 1.23 bits per heavy atom. The summed E-state index contributed by atoms with van der Waals surface area (Å²) in [6.07, 6.45) is 1.20. The van der Waals surface area contributed by atoms with Crippen molar-refractivity contribution in [3.8, 4) is 0 Å². The lowest BCUT2D eigenvalue weighted by Crippen LogP contribution is -2.34. The van der Waals surface area contributed by atoms with Crippen LogP contribution in [0.2, 0.25) is 0 Å². The van der Waals surface area contributed by atoms with Crippen LogP contribution in [0, 0.1) is 5.92 Å². The summed E-state index contributed by atoms with van der Waals surface area (Å²) < 4.78 is 0. The van der Waals surface area contributed by atoms with Crippen molar-refractivity contribution >= 4 is 0 Å². The van der Waals surface area contributed by atoms with E-state index in [0.29, 0.717) is 29.6 Å². The summed E-state index contributed by atoms with van der Waals surface area (Å²) in [7, 11) is 0. The Morgan fingerprint density at radius 1 is 0.419 bits per heavy atom. The predicted octanol–water partition coefficient (Wildman–Crippen LogP) is 8.16. The zero-order valence-electron chi connectivity index (χ0n) is 18.1. The fourth-order valence-electron chi connectivity index (χ4n) is 5.98. The van der Waals surface area contributed by atoms with E-state index >= 15 is 0 Å². The van der Waals surface area contributed by atoms with Crippen LogP contribution in [0.25, 0.3) is 0 Å². The molecule has 0 radical (unpaired) electrons. The van der Waals surface area contributed by atoms with Crippen LogP contribution in [0.3, 0.4) is 0 Å². The topological polar surface area (TPSA) is 0 Å². The first-order valence-electron chi connectivity index (χ1n) is 11.5. The van der Waals surface area contributed by atoms with E-state index in [9.17, 15) is 0 Å². The first-order valence-corrected chi connectivity index (χ1v) is 11.5. The first kappa shape index (κ1) is 19.8. The summed E-state index contributed by atoms with van der Waals surface area (Å²) in [5.74, 6) is 2.46. The van der Waals surface area contributed by atoms with Crippen molar-refractivity contribution in [2.75, 3.05) is 0 Å². The van der Waals surface area contributed by atoms with Crippen LogP contribution in [0.15, 0.2) is 121 Å². The molecule has 0 aromatic heterocycles. The van der Waals surface area contributed by atoms with Crippen molar-refractivity contribution < 1.29 is 0 Å². The minimum absolute atomic E-state index is 0.431. The minimum atomic E-state index is 0.431. The van der Waals surface area contributed by atoms with Gasteiger partial charge in [0.2, 0.25) is 0 Å². The van der Waals surface area contributed by atoms with Crippen molar-refractivity contribution in [3.63, 3.8) is 0 Å². The lowest BCUT2D eigenvalue weighted by Gasteiger charge is -2.48. The van der Waals surface area contributed by atoms with Gasteiger partial charge in [0, 0.05) is 0 Å². The average Bonchev–Trinajstić information content (AvgIpc) is 2.85. The maximum absolute atomic E-state index is 2.46. The number of rotatable bonds is 4. The highest BCUT2D eigenvalue weighted by Crippen LogP contribution is 2.59. The van der Waals surface area contributed by atoms with E-state index < -0.39 is 0 Å². The maximum atomic E-state index is 2.46. The van der Waals surface area contributed by atoms with Crippen LogP contribution in [-0.4, -0.2) is 0 Å². The molecule has 0 N–H and O–H groups in total. The molecule has 0 heterocycles. The smallest absolute Gasteiger partial charge is 0.00158 e. The van der Waals surface area contributed by atoms with Gasteiger partial charge >= 0.3 is 0 Å². The summed E-state index contributed by atoms with van der Waals surface area (Å²) in [6, 6.07) is 44.9. The Labute approximate surface area is 186 Å². The largest absolute Gasteiger partial charge is 0.0622 e. The second kappa shape index (κ2) is 8.94. The van der Waals surface area contributed by atoms with Gasteiger partial charge in [-0.2, -0.15) is 0 Å². The van der Waals surface area contributed by atoms with Gasteiger partial charge in [-0.1, -0.05) is 128 Å².